The molecule has 0 saturated heterocycles. The number of hydrogen-bond acceptors (Lipinski definition) is 4. The molecule has 0 spiro atoms. The van der Waals surface area contributed by atoms with Gasteiger partial charge < -0.3 is 9.72 Å². The number of thiazole rings is 1. The second-order valence-electron chi connectivity index (χ2n) is 4.98. The normalized spacial score (nSPS) is 18.2. The fourth-order valence-corrected chi connectivity index (χ4v) is 3.06. The van der Waals surface area contributed by atoms with Gasteiger partial charge in [-0.05, 0) is 23.7 Å². The molecular weight excluding hydrogens is 292 g/mol. The molecule has 20 heavy (non-hydrogen) atoms. The summed E-state index contributed by atoms with van der Waals surface area (Å²) in [4.78, 5) is 17.0. The summed E-state index contributed by atoms with van der Waals surface area (Å²) in [7, 11) is 0. The molecular formula is C14H18N2O2S2. The summed E-state index contributed by atoms with van der Waals surface area (Å²) in [5, 5.41) is 1.99. The Hall–Kier alpha value is -1.40. The highest BCUT2D eigenvalue weighted by Crippen LogP contribution is 2.29. The van der Waals surface area contributed by atoms with Gasteiger partial charge in [0.15, 0.2) is 3.95 Å². The molecule has 1 aromatic heterocycles. The summed E-state index contributed by atoms with van der Waals surface area (Å²) in [6, 6.07) is 0.0455. The number of aromatic amines is 1. The number of hydrogen-bond donors (Lipinski definition) is 1. The van der Waals surface area contributed by atoms with Crippen molar-refractivity contribution in [2.75, 3.05) is 13.2 Å². The van der Waals surface area contributed by atoms with Gasteiger partial charge in [-0.25, -0.2) is 4.79 Å². The molecule has 0 radical (unpaired) electrons. The molecule has 0 fully saturated rings. The molecule has 0 unspecified atom stereocenters. The van der Waals surface area contributed by atoms with E-state index in [2.05, 4.69) is 31.5 Å². The fraction of sp³-hybridized carbons (Fsp3) is 0.429. The topological polar surface area (TPSA) is 45.3 Å². The molecule has 6 heteroatoms. The van der Waals surface area contributed by atoms with Gasteiger partial charge in [-0.15, -0.1) is 11.3 Å². The first-order valence-corrected chi connectivity index (χ1v) is 7.75. The molecule has 0 saturated carbocycles. The van der Waals surface area contributed by atoms with Crippen LogP contribution in [-0.4, -0.2) is 35.2 Å². The number of carbonyl (C=O) groups is 1. The lowest BCUT2D eigenvalue weighted by atomic mass is 10.0. The second-order valence-corrected chi connectivity index (χ2v) is 6.53. The number of carbonyl (C=O) groups excluding carboxylic acids is 1. The average molecular weight is 310 g/mol. The van der Waals surface area contributed by atoms with E-state index in [0.29, 0.717) is 12.5 Å². The van der Waals surface area contributed by atoms with Crippen molar-refractivity contribution in [2.24, 2.45) is 5.92 Å². The van der Waals surface area contributed by atoms with Crippen LogP contribution >= 0.6 is 23.6 Å². The highest BCUT2D eigenvalue weighted by Gasteiger charge is 2.32. The van der Waals surface area contributed by atoms with Crippen LogP contribution in [0.1, 0.15) is 19.5 Å². The summed E-state index contributed by atoms with van der Waals surface area (Å²) < 4.78 is 5.90. The van der Waals surface area contributed by atoms with Gasteiger partial charge in [-0.2, -0.15) is 0 Å². The van der Waals surface area contributed by atoms with E-state index in [-0.39, 0.29) is 18.7 Å². The van der Waals surface area contributed by atoms with Crippen molar-refractivity contribution in [1.82, 2.24) is 9.88 Å². The van der Waals surface area contributed by atoms with Crippen molar-refractivity contribution < 1.29 is 9.53 Å². The maximum Gasteiger partial charge on any atom is 0.410 e. The maximum absolute atomic E-state index is 12.1. The fourth-order valence-electron chi connectivity index (χ4n) is 2.20. The van der Waals surface area contributed by atoms with E-state index < -0.39 is 0 Å². The van der Waals surface area contributed by atoms with Crippen LogP contribution in [0.2, 0.25) is 0 Å². The number of aromatic nitrogens is 1. The Labute approximate surface area is 127 Å². The van der Waals surface area contributed by atoms with Gasteiger partial charge in [0.1, 0.15) is 6.61 Å². The number of rotatable bonds is 4. The van der Waals surface area contributed by atoms with E-state index in [1.807, 2.05) is 5.38 Å². The highest BCUT2D eigenvalue weighted by atomic mass is 32.1. The van der Waals surface area contributed by atoms with Gasteiger partial charge in [0, 0.05) is 5.38 Å². The van der Waals surface area contributed by atoms with Crippen LogP contribution in [0.5, 0.6) is 0 Å². The Balaban J connectivity index is 2.18. The molecule has 0 bridgehead atoms. The van der Waals surface area contributed by atoms with Gasteiger partial charge in [0.2, 0.25) is 0 Å². The molecule has 4 nitrogen and oxygen atoms in total. The molecule has 108 valence electrons. The molecule has 1 atom stereocenters. The van der Waals surface area contributed by atoms with Crippen LogP contribution in [0.15, 0.2) is 24.1 Å². The monoisotopic (exact) mass is 310 g/mol. The van der Waals surface area contributed by atoms with E-state index in [4.69, 9.17) is 17.0 Å². The zero-order chi connectivity index (χ0) is 14.7. The van der Waals surface area contributed by atoms with E-state index >= 15 is 0 Å². The van der Waals surface area contributed by atoms with Gasteiger partial charge >= 0.3 is 6.09 Å². The number of ether oxygens (including phenoxy) is 1. The Morgan fingerprint density at radius 3 is 3.05 bits per heavy atom. The Morgan fingerprint density at radius 1 is 1.75 bits per heavy atom. The van der Waals surface area contributed by atoms with Gasteiger partial charge in [0.25, 0.3) is 0 Å². The summed E-state index contributed by atoms with van der Waals surface area (Å²) in [5.41, 5.74) is 2.08. The summed E-state index contributed by atoms with van der Waals surface area (Å²) in [6.07, 6.45) is 3.39. The van der Waals surface area contributed by atoms with Crippen LogP contribution in [0, 0.1) is 9.87 Å². The first-order chi connectivity index (χ1) is 9.52. The minimum absolute atomic E-state index is 0.0455. The number of nitrogens with one attached hydrogen (secondary N) is 1. The number of nitrogens with zero attached hydrogens (tertiary/aromatic N) is 1. The minimum atomic E-state index is -0.302. The smallest absolute Gasteiger partial charge is 0.410 e. The molecule has 2 heterocycles. The largest absolute Gasteiger partial charge is 0.445 e. The van der Waals surface area contributed by atoms with E-state index in [1.54, 1.807) is 11.0 Å². The summed E-state index contributed by atoms with van der Waals surface area (Å²) in [5.74, 6) is 0.324. The zero-order valence-electron chi connectivity index (χ0n) is 11.6. The third kappa shape index (κ3) is 3.19. The SMILES string of the molecule is C=CCOC(=O)N1CC(c2csc(=S)[nH]2)=C[C@@H]1C(C)C. The van der Waals surface area contributed by atoms with Gasteiger partial charge in [0.05, 0.1) is 18.3 Å². The lowest BCUT2D eigenvalue weighted by molar-refractivity contribution is 0.104. The first-order valence-electron chi connectivity index (χ1n) is 6.46. The van der Waals surface area contributed by atoms with Gasteiger partial charge in [-0.1, -0.05) is 32.6 Å². The van der Waals surface area contributed by atoms with Crippen LogP contribution in [0.25, 0.3) is 5.57 Å². The molecule has 1 aliphatic heterocycles. The Kier molecular flexibility index (Phi) is 4.77. The van der Waals surface area contributed by atoms with E-state index in [9.17, 15) is 4.79 Å². The molecule has 0 aliphatic carbocycles. The third-order valence-corrected chi connectivity index (χ3v) is 4.24. The lowest BCUT2D eigenvalue weighted by Crippen LogP contribution is -2.39. The summed E-state index contributed by atoms with van der Waals surface area (Å²) >= 11 is 6.60. The molecule has 1 aromatic rings. The minimum Gasteiger partial charge on any atom is -0.445 e. The predicted octanol–water partition coefficient (Wildman–Crippen LogP) is 3.85. The predicted molar refractivity (Wildman–Crippen MR) is 84.4 cm³/mol. The van der Waals surface area contributed by atoms with Crippen LogP contribution in [-0.2, 0) is 4.74 Å². The van der Waals surface area contributed by atoms with Crippen LogP contribution < -0.4 is 0 Å². The van der Waals surface area contributed by atoms with Gasteiger partial charge in [-0.3, -0.25) is 4.90 Å². The number of H-pyrrole nitrogens is 1. The van der Waals surface area contributed by atoms with Crippen molar-refractivity contribution >= 4 is 35.2 Å². The maximum atomic E-state index is 12.1. The first kappa shape index (κ1) is 15.0. The molecule has 1 aliphatic rings. The number of amides is 1. The van der Waals surface area contributed by atoms with Crippen molar-refractivity contribution in [3.63, 3.8) is 0 Å². The second kappa shape index (κ2) is 6.37. The van der Waals surface area contributed by atoms with E-state index in [1.165, 1.54) is 11.3 Å². The molecule has 0 aromatic carbocycles. The quantitative estimate of drug-likeness (QED) is 0.678. The van der Waals surface area contributed by atoms with Crippen LogP contribution in [0.4, 0.5) is 4.79 Å². The van der Waals surface area contributed by atoms with Crippen molar-refractivity contribution in [2.45, 2.75) is 19.9 Å². The molecule has 2 rings (SSSR count). The molecule has 1 N–H and O–H groups in total. The molecule has 1 amide bonds. The standard InChI is InChI=1S/C14H18N2O2S2/c1-4-5-18-14(17)16-7-10(6-12(16)9(2)3)11-8-20-13(19)15-11/h4,6,8-9,12H,1,5,7H2,2-3H3,(H,15,19)/t12-/m1/s1. The lowest BCUT2D eigenvalue weighted by Gasteiger charge is -2.26. The van der Waals surface area contributed by atoms with Crippen molar-refractivity contribution in [3.8, 4) is 0 Å². The average Bonchev–Trinajstić information content (AvgIpc) is 3.01. The van der Waals surface area contributed by atoms with Crippen molar-refractivity contribution in [1.29, 1.82) is 0 Å². The Morgan fingerprint density at radius 2 is 2.50 bits per heavy atom. The zero-order valence-corrected chi connectivity index (χ0v) is 13.2. The Bertz CT molecular complexity index is 586. The van der Waals surface area contributed by atoms with Crippen molar-refractivity contribution in [3.05, 3.63) is 33.8 Å². The summed E-state index contributed by atoms with van der Waals surface area (Å²) in [6.45, 7) is 8.51. The highest BCUT2D eigenvalue weighted by molar-refractivity contribution is 7.73. The van der Waals surface area contributed by atoms with Crippen LogP contribution in [0.3, 0.4) is 0 Å². The third-order valence-electron chi connectivity index (χ3n) is 3.18. The van der Waals surface area contributed by atoms with E-state index in [0.717, 1.165) is 15.2 Å².